The van der Waals surface area contributed by atoms with Gasteiger partial charge in [0.25, 0.3) is 0 Å². The molecule has 1 aliphatic rings. The summed E-state index contributed by atoms with van der Waals surface area (Å²) >= 11 is 0. The van der Waals surface area contributed by atoms with Gasteiger partial charge in [0.1, 0.15) is 11.5 Å². The molecule has 1 fully saturated rings. The molecule has 1 aliphatic heterocycles. The SMILES string of the molecule is CCS(=O)(=O)N1CCN(CC(=O)Nc2ccc(Oc3cccc(C)c3)cc2)CC1. The van der Waals surface area contributed by atoms with E-state index in [1.165, 1.54) is 4.31 Å². The fraction of sp³-hybridized carbons (Fsp3) is 0.381. The first-order chi connectivity index (χ1) is 13.9. The second-order valence-corrected chi connectivity index (χ2v) is 9.32. The van der Waals surface area contributed by atoms with Crippen LogP contribution in [0.25, 0.3) is 0 Å². The molecule has 0 aromatic heterocycles. The normalized spacial score (nSPS) is 15.8. The van der Waals surface area contributed by atoms with Crippen molar-refractivity contribution in [3.05, 3.63) is 54.1 Å². The van der Waals surface area contributed by atoms with Crippen LogP contribution in [-0.4, -0.2) is 62.0 Å². The zero-order chi connectivity index (χ0) is 20.9. The maximum absolute atomic E-state index is 12.3. The molecule has 0 spiro atoms. The van der Waals surface area contributed by atoms with Gasteiger partial charge < -0.3 is 10.1 Å². The largest absolute Gasteiger partial charge is 0.457 e. The summed E-state index contributed by atoms with van der Waals surface area (Å²) in [4.78, 5) is 14.3. The van der Waals surface area contributed by atoms with Crippen LogP contribution >= 0.6 is 0 Å². The topological polar surface area (TPSA) is 79.0 Å². The quantitative estimate of drug-likeness (QED) is 0.749. The van der Waals surface area contributed by atoms with E-state index in [-0.39, 0.29) is 18.2 Å². The number of hydrogen-bond donors (Lipinski definition) is 1. The Balaban J connectivity index is 1.47. The van der Waals surface area contributed by atoms with Crippen molar-refractivity contribution in [2.24, 2.45) is 0 Å². The lowest BCUT2D eigenvalue weighted by molar-refractivity contribution is -0.117. The minimum Gasteiger partial charge on any atom is -0.457 e. The van der Waals surface area contributed by atoms with E-state index in [1.807, 2.05) is 48.2 Å². The first-order valence-electron chi connectivity index (χ1n) is 9.70. The Hall–Kier alpha value is -2.42. The summed E-state index contributed by atoms with van der Waals surface area (Å²) in [6.45, 7) is 5.84. The zero-order valence-corrected chi connectivity index (χ0v) is 17.6. The molecule has 0 bridgehead atoms. The number of piperazine rings is 1. The highest BCUT2D eigenvalue weighted by Crippen LogP contribution is 2.23. The second kappa shape index (κ2) is 9.39. The molecule has 8 heteroatoms. The predicted molar refractivity (Wildman–Crippen MR) is 114 cm³/mol. The molecule has 1 amide bonds. The first-order valence-corrected chi connectivity index (χ1v) is 11.3. The molecular weight excluding hydrogens is 390 g/mol. The van der Waals surface area contributed by atoms with E-state index >= 15 is 0 Å². The number of sulfonamides is 1. The van der Waals surface area contributed by atoms with Gasteiger partial charge in [0.15, 0.2) is 0 Å². The van der Waals surface area contributed by atoms with Crippen molar-refractivity contribution >= 4 is 21.6 Å². The monoisotopic (exact) mass is 417 g/mol. The molecule has 0 atom stereocenters. The number of hydrogen-bond acceptors (Lipinski definition) is 5. The number of carbonyl (C=O) groups is 1. The Labute approximate surface area is 172 Å². The summed E-state index contributed by atoms with van der Waals surface area (Å²) in [5.41, 5.74) is 1.82. The van der Waals surface area contributed by atoms with E-state index in [1.54, 1.807) is 19.1 Å². The molecular formula is C21H27N3O4S. The molecule has 0 saturated carbocycles. The van der Waals surface area contributed by atoms with Crippen molar-refractivity contribution in [3.63, 3.8) is 0 Å². The van der Waals surface area contributed by atoms with Gasteiger partial charge in [-0.25, -0.2) is 8.42 Å². The lowest BCUT2D eigenvalue weighted by Crippen LogP contribution is -2.50. The third kappa shape index (κ3) is 6.03. The average Bonchev–Trinajstić information content (AvgIpc) is 2.70. The molecule has 0 unspecified atom stereocenters. The predicted octanol–water partition coefficient (Wildman–Crippen LogP) is 2.69. The lowest BCUT2D eigenvalue weighted by atomic mass is 10.2. The van der Waals surface area contributed by atoms with Crippen molar-refractivity contribution in [2.45, 2.75) is 13.8 Å². The number of rotatable bonds is 7. The number of carbonyl (C=O) groups excluding carboxylic acids is 1. The summed E-state index contributed by atoms with van der Waals surface area (Å²) in [6.07, 6.45) is 0. The van der Waals surface area contributed by atoms with Crippen LogP contribution in [0.15, 0.2) is 48.5 Å². The Morgan fingerprint density at radius 3 is 2.34 bits per heavy atom. The third-order valence-corrected chi connectivity index (χ3v) is 6.70. The number of aryl methyl sites for hydroxylation is 1. The van der Waals surface area contributed by atoms with Gasteiger partial charge in [0, 0.05) is 31.9 Å². The van der Waals surface area contributed by atoms with E-state index in [2.05, 4.69) is 5.32 Å². The number of benzene rings is 2. The standard InChI is InChI=1S/C21H27N3O4S/c1-3-29(26,27)24-13-11-23(12-14-24)16-21(25)22-18-7-9-19(10-8-18)28-20-6-4-5-17(2)15-20/h4-10,15H,3,11-14,16H2,1-2H3,(H,22,25). The Kier molecular flexibility index (Phi) is 6.89. The van der Waals surface area contributed by atoms with Gasteiger partial charge in [0.05, 0.1) is 12.3 Å². The summed E-state index contributed by atoms with van der Waals surface area (Å²) in [5, 5.41) is 2.87. The van der Waals surface area contributed by atoms with Crippen LogP contribution in [0.3, 0.4) is 0 Å². The maximum Gasteiger partial charge on any atom is 0.238 e. The van der Waals surface area contributed by atoms with Crippen LogP contribution in [0.5, 0.6) is 11.5 Å². The van der Waals surface area contributed by atoms with Crippen LogP contribution < -0.4 is 10.1 Å². The number of nitrogens with one attached hydrogen (secondary N) is 1. The number of ether oxygens (including phenoxy) is 1. The van der Waals surface area contributed by atoms with Crippen molar-refractivity contribution < 1.29 is 17.9 Å². The summed E-state index contributed by atoms with van der Waals surface area (Å²) < 4.78 is 31.1. The van der Waals surface area contributed by atoms with Gasteiger partial charge in [-0.2, -0.15) is 4.31 Å². The molecule has 3 rings (SSSR count). The molecule has 0 aliphatic carbocycles. The molecule has 2 aromatic carbocycles. The van der Waals surface area contributed by atoms with E-state index in [9.17, 15) is 13.2 Å². The summed E-state index contributed by atoms with van der Waals surface area (Å²) in [5.74, 6) is 1.45. The smallest absolute Gasteiger partial charge is 0.238 e. The molecule has 1 N–H and O–H groups in total. The van der Waals surface area contributed by atoms with Crippen molar-refractivity contribution in [1.82, 2.24) is 9.21 Å². The van der Waals surface area contributed by atoms with Gasteiger partial charge in [-0.1, -0.05) is 12.1 Å². The molecule has 1 saturated heterocycles. The van der Waals surface area contributed by atoms with Crippen LogP contribution in [0.2, 0.25) is 0 Å². The van der Waals surface area contributed by atoms with E-state index < -0.39 is 10.0 Å². The van der Waals surface area contributed by atoms with E-state index in [0.717, 1.165) is 11.3 Å². The fourth-order valence-corrected chi connectivity index (χ4v) is 4.26. The van der Waals surface area contributed by atoms with Crippen molar-refractivity contribution in [2.75, 3.05) is 43.8 Å². The molecule has 156 valence electrons. The number of nitrogens with zero attached hydrogens (tertiary/aromatic N) is 2. The second-order valence-electron chi connectivity index (χ2n) is 7.07. The van der Waals surface area contributed by atoms with Gasteiger partial charge in [-0.3, -0.25) is 9.69 Å². The Morgan fingerprint density at radius 2 is 1.72 bits per heavy atom. The molecule has 1 heterocycles. The first kappa shape index (κ1) is 21.3. The van der Waals surface area contributed by atoms with Crippen molar-refractivity contribution in [1.29, 1.82) is 0 Å². The minimum absolute atomic E-state index is 0.108. The van der Waals surface area contributed by atoms with Gasteiger partial charge in [-0.15, -0.1) is 0 Å². The number of amides is 1. The Morgan fingerprint density at radius 1 is 1.03 bits per heavy atom. The van der Waals surface area contributed by atoms with Gasteiger partial charge in [0.2, 0.25) is 15.9 Å². The van der Waals surface area contributed by atoms with Gasteiger partial charge in [-0.05, 0) is 55.8 Å². The Bertz CT molecular complexity index is 937. The van der Waals surface area contributed by atoms with E-state index in [4.69, 9.17) is 4.74 Å². The van der Waals surface area contributed by atoms with Crippen LogP contribution in [0.4, 0.5) is 5.69 Å². The number of anilines is 1. The van der Waals surface area contributed by atoms with E-state index in [0.29, 0.717) is 37.6 Å². The summed E-state index contributed by atoms with van der Waals surface area (Å²) in [7, 11) is -3.16. The highest BCUT2D eigenvalue weighted by atomic mass is 32.2. The highest BCUT2D eigenvalue weighted by Gasteiger charge is 2.26. The maximum atomic E-state index is 12.3. The average molecular weight is 418 g/mol. The molecule has 29 heavy (non-hydrogen) atoms. The third-order valence-electron chi connectivity index (χ3n) is 4.82. The molecule has 0 radical (unpaired) electrons. The van der Waals surface area contributed by atoms with Gasteiger partial charge >= 0.3 is 0 Å². The van der Waals surface area contributed by atoms with Crippen molar-refractivity contribution in [3.8, 4) is 11.5 Å². The van der Waals surface area contributed by atoms with Crippen LogP contribution in [0, 0.1) is 6.92 Å². The summed E-state index contributed by atoms with van der Waals surface area (Å²) in [6, 6.07) is 15.0. The molecule has 7 nitrogen and oxygen atoms in total. The van der Waals surface area contributed by atoms with Crippen LogP contribution in [-0.2, 0) is 14.8 Å². The van der Waals surface area contributed by atoms with Crippen LogP contribution in [0.1, 0.15) is 12.5 Å². The minimum atomic E-state index is -3.16. The zero-order valence-electron chi connectivity index (χ0n) is 16.8. The fourth-order valence-electron chi connectivity index (χ4n) is 3.17. The molecule has 2 aromatic rings. The lowest BCUT2D eigenvalue weighted by Gasteiger charge is -2.33. The highest BCUT2D eigenvalue weighted by molar-refractivity contribution is 7.89.